The Bertz CT molecular complexity index is 361. The van der Waals surface area contributed by atoms with Crippen LogP contribution in [0.5, 0.6) is 0 Å². The highest BCUT2D eigenvalue weighted by atomic mass is 35.5. The fourth-order valence-corrected chi connectivity index (χ4v) is 1.94. The van der Waals surface area contributed by atoms with Gasteiger partial charge in [-0.15, -0.1) is 0 Å². The molecule has 1 aromatic rings. The minimum atomic E-state index is 0.518. The zero-order chi connectivity index (χ0) is 10.7. The van der Waals surface area contributed by atoms with E-state index in [4.69, 9.17) is 17.3 Å². The third-order valence-corrected chi connectivity index (χ3v) is 2.85. The van der Waals surface area contributed by atoms with Gasteiger partial charge in [-0.05, 0) is 30.0 Å². The van der Waals surface area contributed by atoms with Crippen molar-refractivity contribution in [3.63, 3.8) is 0 Å². The van der Waals surface area contributed by atoms with Crippen LogP contribution in [0.4, 0.5) is 5.69 Å². The van der Waals surface area contributed by atoms with Crippen LogP contribution in [0.3, 0.4) is 0 Å². The number of benzene rings is 1. The molecule has 76 valence electrons. The van der Waals surface area contributed by atoms with Crippen molar-refractivity contribution >= 4 is 23.6 Å². The van der Waals surface area contributed by atoms with E-state index in [2.05, 4.69) is 0 Å². The summed E-state index contributed by atoms with van der Waals surface area (Å²) in [6.07, 6.45) is 2.34. The van der Waals surface area contributed by atoms with Gasteiger partial charge in [-0.2, -0.15) is 0 Å². The van der Waals surface area contributed by atoms with E-state index < -0.39 is 0 Å². The van der Waals surface area contributed by atoms with Gasteiger partial charge in [0.05, 0.1) is 0 Å². The Kier molecular flexibility index (Phi) is 3.53. The second-order valence-corrected chi connectivity index (χ2v) is 3.53. The SMILES string of the molecule is CCc1cc(C=O)c(N)c(CC)c1Cl. The summed E-state index contributed by atoms with van der Waals surface area (Å²) in [5, 5.41) is 0.707. The lowest BCUT2D eigenvalue weighted by molar-refractivity contribution is 0.112. The minimum absolute atomic E-state index is 0.518. The molecule has 0 aliphatic rings. The monoisotopic (exact) mass is 211 g/mol. The first kappa shape index (κ1) is 11.1. The van der Waals surface area contributed by atoms with Gasteiger partial charge in [-0.25, -0.2) is 0 Å². The van der Waals surface area contributed by atoms with Crippen molar-refractivity contribution < 1.29 is 4.79 Å². The van der Waals surface area contributed by atoms with Crippen LogP contribution in [-0.2, 0) is 12.8 Å². The van der Waals surface area contributed by atoms with Gasteiger partial charge in [0.1, 0.15) is 0 Å². The number of anilines is 1. The fourth-order valence-electron chi connectivity index (χ4n) is 1.52. The van der Waals surface area contributed by atoms with E-state index in [0.29, 0.717) is 16.3 Å². The van der Waals surface area contributed by atoms with Crippen molar-refractivity contribution in [3.05, 3.63) is 27.8 Å². The maximum atomic E-state index is 10.8. The van der Waals surface area contributed by atoms with Gasteiger partial charge >= 0.3 is 0 Å². The molecule has 0 aliphatic carbocycles. The standard InChI is InChI=1S/C11H14ClNO/c1-3-7-5-8(6-14)11(13)9(4-2)10(7)12/h5-6H,3-4,13H2,1-2H3. The lowest BCUT2D eigenvalue weighted by atomic mass is 10.00. The van der Waals surface area contributed by atoms with Crippen LogP contribution in [-0.4, -0.2) is 6.29 Å². The van der Waals surface area contributed by atoms with Crippen LogP contribution >= 0.6 is 11.6 Å². The van der Waals surface area contributed by atoms with E-state index in [-0.39, 0.29) is 0 Å². The van der Waals surface area contributed by atoms with Crippen LogP contribution in [0.15, 0.2) is 6.07 Å². The van der Waals surface area contributed by atoms with E-state index >= 15 is 0 Å². The van der Waals surface area contributed by atoms with Crippen molar-refractivity contribution in [1.29, 1.82) is 0 Å². The van der Waals surface area contributed by atoms with Gasteiger partial charge < -0.3 is 5.73 Å². The predicted molar refractivity (Wildman–Crippen MR) is 60.0 cm³/mol. The third-order valence-electron chi connectivity index (χ3n) is 2.37. The van der Waals surface area contributed by atoms with Crippen molar-refractivity contribution in [3.8, 4) is 0 Å². The van der Waals surface area contributed by atoms with E-state index in [0.717, 1.165) is 30.3 Å². The van der Waals surface area contributed by atoms with Crippen molar-refractivity contribution in [2.75, 3.05) is 5.73 Å². The maximum absolute atomic E-state index is 10.8. The smallest absolute Gasteiger partial charge is 0.152 e. The molecule has 0 aromatic heterocycles. The van der Waals surface area contributed by atoms with E-state index in [9.17, 15) is 4.79 Å². The average molecular weight is 212 g/mol. The molecule has 3 heteroatoms. The third kappa shape index (κ3) is 1.75. The van der Waals surface area contributed by atoms with Crippen LogP contribution in [0.25, 0.3) is 0 Å². The molecule has 0 saturated carbocycles. The number of hydrogen-bond acceptors (Lipinski definition) is 2. The largest absolute Gasteiger partial charge is 0.398 e. The number of nitrogen functional groups attached to an aromatic ring is 1. The summed E-state index contributed by atoms with van der Waals surface area (Å²) in [7, 11) is 0. The van der Waals surface area contributed by atoms with E-state index in [1.165, 1.54) is 0 Å². The average Bonchev–Trinajstić information content (AvgIpc) is 2.19. The van der Waals surface area contributed by atoms with Crippen LogP contribution in [0.1, 0.15) is 35.3 Å². The molecule has 2 N–H and O–H groups in total. The molecular formula is C11H14ClNO. The summed E-state index contributed by atoms with van der Waals surface area (Å²) >= 11 is 6.15. The Morgan fingerprint density at radius 3 is 2.50 bits per heavy atom. The molecule has 0 unspecified atom stereocenters. The Morgan fingerprint density at radius 1 is 1.43 bits per heavy atom. The highest BCUT2D eigenvalue weighted by Crippen LogP contribution is 2.29. The molecule has 0 atom stereocenters. The lowest BCUT2D eigenvalue weighted by Gasteiger charge is -2.12. The van der Waals surface area contributed by atoms with Gasteiger partial charge in [-0.1, -0.05) is 25.4 Å². The number of hydrogen-bond donors (Lipinski definition) is 1. The summed E-state index contributed by atoms with van der Waals surface area (Å²) in [6.45, 7) is 3.98. The number of halogens is 1. The van der Waals surface area contributed by atoms with Gasteiger partial charge in [0, 0.05) is 16.3 Å². The van der Waals surface area contributed by atoms with Gasteiger partial charge in [0.2, 0.25) is 0 Å². The molecule has 0 heterocycles. The van der Waals surface area contributed by atoms with Crippen LogP contribution in [0.2, 0.25) is 5.02 Å². The normalized spacial score (nSPS) is 10.2. The summed E-state index contributed by atoms with van der Waals surface area (Å²) in [4.78, 5) is 10.8. The Labute approximate surface area is 89.1 Å². The summed E-state index contributed by atoms with van der Waals surface area (Å²) in [5.74, 6) is 0. The number of nitrogens with two attached hydrogens (primary N) is 1. The first-order chi connectivity index (χ1) is 6.65. The first-order valence-corrected chi connectivity index (χ1v) is 5.08. The minimum Gasteiger partial charge on any atom is -0.398 e. The lowest BCUT2D eigenvalue weighted by Crippen LogP contribution is -2.02. The summed E-state index contributed by atoms with van der Waals surface area (Å²) in [6, 6.07) is 1.77. The molecule has 14 heavy (non-hydrogen) atoms. The van der Waals surface area contributed by atoms with E-state index in [1.54, 1.807) is 6.07 Å². The Hall–Kier alpha value is -1.02. The molecular weight excluding hydrogens is 198 g/mol. The second-order valence-electron chi connectivity index (χ2n) is 3.16. The van der Waals surface area contributed by atoms with Crippen molar-refractivity contribution in [2.45, 2.75) is 26.7 Å². The molecule has 0 saturated heterocycles. The zero-order valence-electron chi connectivity index (χ0n) is 8.43. The molecule has 0 bridgehead atoms. The Morgan fingerprint density at radius 2 is 2.07 bits per heavy atom. The van der Waals surface area contributed by atoms with Crippen molar-refractivity contribution in [2.24, 2.45) is 0 Å². The van der Waals surface area contributed by atoms with Gasteiger partial charge in [-0.3, -0.25) is 4.79 Å². The number of aldehydes is 1. The molecule has 0 spiro atoms. The Balaban J connectivity index is 3.46. The van der Waals surface area contributed by atoms with Crippen LogP contribution < -0.4 is 5.73 Å². The summed E-state index contributed by atoms with van der Waals surface area (Å²) in [5.41, 5.74) is 8.74. The van der Waals surface area contributed by atoms with Gasteiger partial charge in [0.15, 0.2) is 6.29 Å². The number of carbonyl (C=O) groups excluding carboxylic acids is 1. The first-order valence-electron chi connectivity index (χ1n) is 4.70. The number of rotatable bonds is 3. The fraction of sp³-hybridized carbons (Fsp3) is 0.364. The van der Waals surface area contributed by atoms with E-state index in [1.807, 2.05) is 13.8 Å². The topological polar surface area (TPSA) is 43.1 Å². The zero-order valence-corrected chi connectivity index (χ0v) is 9.19. The van der Waals surface area contributed by atoms with Crippen molar-refractivity contribution in [1.82, 2.24) is 0 Å². The molecule has 1 aromatic carbocycles. The quantitative estimate of drug-likeness (QED) is 0.617. The molecule has 0 fully saturated rings. The molecule has 0 amide bonds. The number of aryl methyl sites for hydroxylation is 1. The number of carbonyl (C=O) groups is 1. The highest BCUT2D eigenvalue weighted by molar-refractivity contribution is 6.32. The maximum Gasteiger partial charge on any atom is 0.152 e. The molecule has 0 aliphatic heterocycles. The second kappa shape index (κ2) is 4.47. The molecule has 0 radical (unpaired) electrons. The molecule has 1 rings (SSSR count). The molecule has 2 nitrogen and oxygen atoms in total. The highest BCUT2D eigenvalue weighted by Gasteiger charge is 2.11. The van der Waals surface area contributed by atoms with Gasteiger partial charge in [0.25, 0.3) is 0 Å². The summed E-state index contributed by atoms with van der Waals surface area (Å²) < 4.78 is 0. The predicted octanol–water partition coefficient (Wildman–Crippen LogP) is 2.86. The van der Waals surface area contributed by atoms with Crippen LogP contribution in [0, 0.1) is 0 Å².